The van der Waals surface area contributed by atoms with E-state index < -0.39 is 0 Å². The van der Waals surface area contributed by atoms with Crippen molar-refractivity contribution in [3.05, 3.63) is 6.07 Å². The van der Waals surface area contributed by atoms with Crippen LogP contribution >= 0.6 is 0 Å². The number of morpholine rings is 1. The molecule has 2 fully saturated rings. The summed E-state index contributed by atoms with van der Waals surface area (Å²) in [5.74, 6) is 1.63. The molecule has 1 amide bonds. The Morgan fingerprint density at radius 3 is 2.43 bits per heavy atom. The van der Waals surface area contributed by atoms with Gasteiger partial charge in [0.15, 0.2) is 0 Å². The number of aromatic nitrogens is 2. The molecular formula is C15H22N4O4. The largest absolute Gasteiger partial charge is 0.481 e. The first-order valence-electron chi connectivity index (χ1n) is 7.80. The minimum absolute atomic E-state index is 0.0195. The molecule has 0 N–H and O–H groups in total. The molecule has 0 radical (unpaired) electrons. The van der Waals surface area contributed by atoms with E-state index in [4.69, 9.17) is 14.2 Å². The first-order chi connectivity index (χ1) is 11.2. The zero-order chi connectivity index (χ0) is 16.2. The van der Waals surface area contributed by atoms with Crippen molar-refractivity contribution in [1.29, 1.82) is 0 Å². The second-order valence-corrected chi connectivity index (χ2v) is 5.62. The third-order valence-electron chi connectivity index (χ3n) is 4.23. The highest BCUT2D eigenvalue weighted by Gasteiger charge is 2.33. The molecule has 2 aliphatic heterocycles. The summed E-state index contributed by atoms with van der Waals surface area (Å²) in [4.78, 5) is 25.2. The molecule has 3 rings (SSSR count). The van der Waals surface area contributed by atoms with Gasteiger partial charge in [0.2, 0.25) is 23.6 Å². The molecule has 1 aromatic heterocycles. The smallest absolute Gasteiger partial charge is 0.231 e. The molecule has 126 valence electrons. The van der Waals surface area contributed by atoms with Crippen LogP contribution in [0.2, 0.25) is 0 Å². The van der Waals surface area contributed by atoms with E-state index in [2.05, 4.69) is 9.97 Å². The quantitative estimate of drug-likeness (QED) is 0.782. The fraction of sp³-hybridized carbons (Fsp3) is 0.667. The summed E-state index contributed by atoms with van der Waals surface area (Å²) in [5, 5.41) is 0. The molecule has 2 aliphatic rings. The molecule has 2 saturated heterocycles. The van der Waals surface area contributed by atoms with Gasteiger partial charge in [0, 0.05) is 26.2 Å². The number of methoxy groups -OCH3 is 2. The Hall–Kier alpha value is -2.09. The van der Waals surface area contributed by atoms with Crippen molar-refractivity contribution < 1.29 is 19.0 Å². The Kier molecular flexibility index (Phi) is 4.80. The van der Waals surface area contributed by atoms with Crippen LogP contribution in [0.15, 0.2) is 6.07 Å². The lowest BCUT2D eigenvalue weighted by Gasteiger charge is -2.29. The van der Waals surface area contributed by atoms with Crippen LogP contribution in [0.4, 0.5) is 5.95 Å². The molecule has 23 heavy (non-hydrogen) atoms. The van der Waals surface area contributed by atoms with E-state index in [1.54, 1.807) is 20.3 Å². The first kappa shape index (κ1) is 15.8. The van der Waals surface area contributed by atoms with E-state index in [9.17, 15) is 4.79 Å². The van der Waals surface area contributed by atoms with Crippen molar-refractivity contribution in [2.75, 3.05) is 58.5 Å². The number of nitrogens with zero attached hydrogens (tertiary/aromatic N) is 4. The molecule has 0 aromatic carbocycles. The highest BCUT2D eigenvalue weighted by Crippen LogP contribution is 2.26. The van der Waals surface area contributed by atoms with E-state index in [1.165, 1.54) is 0 Å². The van der Waals surface area contributed by atoms with Crippen molar-refractivity contribution in [2.24, 2.45) is 5.92 Å². The molecule has 8 heteroatoms. The Morgan fingerprint density at radius 1 is 1.17 bits per heavy atom. The second-order valence-electron chi connectivity index (χ2n) is 5.62. The normalized spacial score (nSPS) is 21.4. The maximum Gasteiger partial charge on any atom is 0.231 e. The maximum atomic E-state index is 12.6. The van der Waals surface area contributed by atoms with Crippen LogP contribution in [-0.2, 0) is 9.53 Å². The molecule has 1 aromatic rings. The Balaban J connectivity index is 1.68. The van der Waals surface area contributed by atoms with Gasteiger partial charge in [-0.05, 0) is 6.42 Å². The van der Waals surface area contributed by atoms with Crippen LogP contribution in [0, 0.1) is 5.92 Å². The topological polar surface area (TPSA) is 77.0 Å². The van der Waals surface area contributed by atoms with E-state index in [0.29, 0.717) is 50.6 Å². The van der Waals surface area contributed by atoms with E-state index in [0.717, 1.165) is 13.0 Å². The Bertz CT molecular complexity index is 540. The zero-order valence-corrected chi connectivity index (χ0v) is 13.5. The number of anilines is 1. The molecule has 0 aliphatic carbocycles. The predicted molar refractivity (Wildman–Crippen MR) is 82.9 cm³/mol. The average molecular weight is 322 g/mol. The van der Waals surface area contributed by atoms with E-state index >= 15 is 0 Å². The van der Waals surface area contributed by atoms with Gasteiger partial charge in [-0.15, -0.1) is 0 Å². The molecule has 0 bridgehead atoms. The van der Waals surface area contributed by atoms with Crippen LogP contribution in [0.5, 0.6) is 11.8 Å². The molecule has 3 heterocycles. The van der Waals surface area contributed by atoms with Gasteiger partial charge in [-0.1, -0.05) is 0 Å². The molecular weight excluding hydrogens is 300 g/mol. The van der Waals surface area contributed by atoms with Crippen molar-refractivity contribution in [3.8, 4) is 11.8 Å². The van der Waals surface area contributed by atoms with Crippen LogP contribution in [0.3, 0.4) is 0 Å². The summed E-state index contributed by atoms with van der Waals surface area (Å²) in [5.41, 5.74) is 0. The van der Waals surface area contributed by atoms with Gasteiger partial charge < -0.3 is 24.0 Å². The summed E-state index contributed by atoms with van der Waals surface area (Å²) < 4.78 is 15.7. The number of hydrogen-bond acceptors (Lipinski definition) is 7. The van der Waals surface area contributed by atoms with Crippen molar-refractivity contribution >= 4 is 11.9 Å². The number of hydrogen-bond donors (Lipinski definition) is 0. The van der Waals surface area contributed by atoms with Crippen molar-refractivity contribution in [2.45, 2.75) is 6.42 Å². The van der Waals surface area contributed by atoms with Crippen LogP contribution in [-0.4, -0.2) is 74.4 Å². The average Bonchev–Trinajstić information content (AvgIpc) is 3.11. The van der Waals surface area contributed by atoms with Gasteiger partial charge in [-0.25, -0.2) is 0 Å². The number of amides is 1. The van der Waals surface area contributed by atoms with Gasteiger partial charge in [0.05, 0.1) is 39.4 Å². The Labute approximate surface area is 135 Å². The van der Waals surface area contributed by atoms with Crippen LogP contribution < -0.4 is 14.4 Å². The van der Waals surface area contributed by atoms with Crippen LogP contribution in [0.1, 0.15) is 6.42 Å². The minimum Gasteiger partial charge on any atom is -0.481 e. The summed E-state index contributed by atoms with van der Waals surface area (Å²) >= 11 is 0. The number of carbonyl (C=O) groups excluding carboxylic acids is 1. The SMILES string of the molecule is COc1cc(OC)nc(N2CCC(C(=O)N3CCOCC3)C2)n1. The van der Waals surface area contributed by atoms with Gasteiger partial charge in [0.25, 0.3) is 0 Å². The third kappa shape index (κ3) is 3.47. The molecule has 0 saturated carbocycles. The fourth-order valence-corrected chi connectivity index (χ4v) is 2.93. The maximum absolute atomic E-state index is 12.6. The predicted octanol–water partition coefficient (Wildman–Crippen LogP) is 0.179. The van der Waals surface area contributed by atoms with E-state index in [1.807, 2.05) is 9.80 Å². The molecule has 8 nitrogen and oxygen atoms in total. The lowest BCUT2D eigenvalue weighted by Crippen LogP contribution is -2.44. The summed E-state index contributed by atoms with van der Waals surface area (Å²) in [6, 6.07) is 1.63. The second kappa shape index (κ2) is 6.99. The van der Waals surface area contributed by atoms with Crippen LogP contribution in [0.25, 0.3) is 0 Å². The lowest BCUT2D eigenvalue weighted by molar-refractivity contribution is -0.138. The standard InChI is InChI=1S/C15H22N4O4/c1-21-12-9-13(22-2)17-15(16-12)19-4-3-11(10-19)14(20)18-5-7-23-8-6-18/h9,11H,3-8,10H2,1-2H3. The van der Waals surface area contributed by atoms with Crippen molar-refractivity contribution in [3.63, 3.8) is 0 Å². The summed E-state index contributed by atoms with van der Waals surface area (Å²) in [6.07, 6.45) is 0.805. The third-order valence-corrected chi connectivity index (χ3v) is 4.23. The van der Waals surface area contributed by atoms with Crippen molar-refractivity contribution in [1.82, 2.24) is 14.9 Å². The zero-order valence-electron chi connectivity index (χ0n) is 13.5. The highest BCUT2D eigenvalue weighted by molar-refractivity contribution is 5.80. The monoisotopic (exact) mass is 322 g/mol. The molecule has 1 unspecified atom stereocenters. The minimum atomic E-state index is -0.0195. The van der Waals surface area contributed by atoms with Gasteiger partial charge in [-0.2, -0.15) is 9.97 Å². The number of ether oxygens (including phenoxy) is 3. The molecule has 1 atom stereocenters. The highest BCUT2D eigenvalue weighted by atomic mass is 16.5. The molecule has 0 spiro atoms. The first-order valence-corrected chi connectivity index (χ1v) is 7.80. The fourth-order valence-electron chi connectivity index (χ4n) is 2.93. The van der Waals surface area contributed by atoms with E-state index in [-0.39, 0.29) is 11.8 Å². The van der Waals surface area contributed by atoms with Gasteiger partial charge in [0.1, 0.15) is 0 Å². The summed E-state index contributed by atoms with van der Waals surface area (Å²) in [7, 11) is 3.11. The van der Waals surface area contributed by atoms with Gasteiger partial charge in [-0.3, -0.25) is 4.79 Å². The number of carbonyl (C=O) groups is 1. The lowest BCUT2D eigenvalue weighted by atomic mass is 10.1. The van der Waals surface area contributed by atoms with Gasteiger partial charge >= 0.3 is 0 Å². The summed E-state index contributed by atoms with van der Waals surface area (Å²) in [6.45, 7) is 3.97. The number of rotatable bonds is 4. The Morgan fingerprint density at radius 2 is 1.83 bits per heavy atom.